The van der Waals surface area contributed by atoms with Crippen LogP contribution >= 0.6 is 0 Å². The Morgan fingerprint density at radius 2 is 1.77 bits per heavy atom. The minimum atomic E-state index is -4.68. The Bertz CT molecular complexity index is 1040. The SMILES string of the molecule is CC(=O)Oc1cc(OS(=O)(=O)O)cc2c1[C@H]1CC[C@]3(C)C(=O)CC[C@H]3[C@@H]1CC2.CCN(CC)CC. The van der Waals surface area contributed by atoms with Crippen LogP contribution in [0.1, 0.15) is 83.8 Å². The Morgan fingerprint density at radius 1 is 1.11 bits per heavy atom. The highest BCUT2D eigenvalue weighted by molar-refractivity contribution is 7.81. The van der Waals surface area contributed by atoms with E-state index in [1.165, 1.54) is 32.6 Å². The molecule has 4 rings (SSSR count). The van der Waals surface area contributed by atoms with Crippen molar-refractivity contribution in [2.45, 2.75) is 79.1 Å². The number of carbonyl (C=O) groups excluding carboxylic acids is 2. The smallest absolute Gasteiger partial charge is 0.426 e. The number of fused-ring (bicyclic) bond motifs is 5. The van der Waals surface area contributed by atoms with Gasteiger partial charge < -0.3 is 13.8 Å². The summed E-state index contributed by atoms with van der Waals surface area (Å²) in [5.74, 6) is 0.871. The van der Waals surface area contributed by atoms with Crippen molar-refractivity contribution < 1.29 is 31.5 Å². The largest absolute Gasteiger partial charge is 0.446 e. The number of ether oxygens (including phenoxy) is 1. The number of aryl methyl sites for hydroxylation is 1. The monoisotopic (exact) mass is 509 g/mol. The predicted molar refractivity (Wildman–Crippen MR) is 133 cm³/mol. The van der Waals surface area contributed by atoms with Crippen LogP contribution in [0, 0.1) is 17.3 Å². The number of Topliss-reactive ketones (excluding diaryl/α,β-unsaturated/α-hetero) is 1. The average molecular weight is 510 g/mol. The van der Waals surface area contributed by atoms with Crippen molar-refractivity contribution in [2.75, 3.05) is 19.6 Å². The summed E-state index contributed by atoms with van der Waals surface area (Å²) in [5.41, 5.74) is 1.52. The fourth-order valence-electron chi connectivity index (χ4n) is 6.51. The molecular formula is C26H39NO7S. The predicted octanol–water partition coefficient (Wildman–Crippen LogP) is 4.57. The van der Waals surface area contributed by atoms with E-state index in [2.05, 4.69) is 36.8 Å². The number of nitrogens with zero attached hydrogens (tertiary/aromatic N) is 1. The normalized spacial score (nSPS) is 27.3. The fraction of sp³-hybridized carbons (Fsp3) is 0.692. The molecule has 196 valence electrons. The molecule has 0 unspecified atom stereocenters. The second-order valence-electron chi connectivity index (χ2n) is 10.1. The Labute approximate surface area is 209 Å². The maximum Gasteiger partial charge on any atom is 0.446 e. The zero-order valence-electron chi connectivity index (χ0n) is 21.5. The van der Waals surface area contributed by atoms with Gasteiger partial charge in [0.25, 0.3) is 0 Å². The Balaban J connectivity index is 0.000000429. The van der Waals surface area contributed by atoms with Crippen molar-refractivity contribution in [1.29, 1.82) is 0 Å². The molecule has 9 heteroatoms. The van der Waals surface area contributed by atoms with E-state index in [1.807, 2.05) is 0 Å². The highest BCUT2D eigenvalue weighted by Crippen LogP contribution is 2.60. The molecular weight excluding hydrogens is 470 g/mol. The first-order chi connectivity index (χ1) is 16.4. The van der Waals surface area contributed by atoms with Crippen molar-refractivity contribution in [3.8, 4) is 11.5 Å². The zero-order chi connectivity index (χ0) is 26.0. The summed E-state index contributed by atoms with van der Waals surface area (Å²) in [6, 6.07) is 2.95. The number of carbonyl (C=O) groups is 2. The molecule has 2 fully saturated rings. The van der Waals surface area contributed by atoms with E-state index < -0.39 is 16.4 Å². The highest BCUT2D eigenvalue weighted by Gasteiger charge is 2.55. The van der Waals surface area contributed by atoms with E-state index in [4.69, 9.17) is 9.29 Å². The first kappa shape index (κ1) is 27.6. The topological polar surface area (TPSA) is 110 Å². The molecule has 0 saturated heterocycles. The molecule has 0 bridgehead atoms. The molecule has 0 heterocycles. The minimum Gasteiger partial charge on any atom is -0.426 e. The zero-order valence-corrected chi connectivity index (χ0v) is 22.3. The van der Waals surface area contributed by atoms with Crippen LogP contribution in [0.3, 0.4) is 0 Å². The van der Waals surface area contributed by atoms with Crippen LogP contribution < -0.4 is 8.92 Å². The van der Waals surface area contributed by atoms with E-state index in [0.717, 1.165) is 36.8 Å². The lowest BCUT2D eigenvalue weighted by molar-refractivity contribution is -0.132. The first-order valence-corrected chi connectivity index (χ1v) is 14.1. The molecule has 2 saturated carbocycles. The summed E-state index contributed by atoms with van der Waals surface area (Å²) in [5, 5.41) is 0. The molecule has 0 aliphatic heterocycles. The van der Waals surface area contributed by atoms with Crippen LogP contribution in [-0.2, 0) is 26.4 Å². The lowest BCUT2D eigenvalue weighted by atomic mass is 9.55. The lowest BCUT2D eigenvalue weighted by Crippen LogP contribution is -2.42. The number of esters is 1. The Morgan fingerprint density at radius 3 is 2.31 bits per heavy atom. The first-order valence-electron chi connectivity index (χ1n) is 12.7. The summed E-state index contributed by atoms with van der Waals surface area (Å²) < 4.78 is 41.3. The van der Waals surface area contributed by atoms with Crippen LogP contribution in [0.4, 0.5) is 0 Å². The van der Waals surface area contributed by atoms with Gasteiger partial charge in [-0.15, -0.1) is 0 Å². The van der Waals surface area contributed by atoms with Crippen molar-refractivity contribution in [1.82, 2.24) is 4.90 Å². The third-order valence-electron chi connectivity index (χ3n) is 8.26. The molecule has 8 nitrogen and oxygen atoms in total. The van der Waals surface area contributed by atoms with Gasteiger partial charge in [-0.1, -0.05) is 27.7 Å². The van der Waals surface area contributed by atoms with E-state index in [1.54, 1.807) is 6.07 Å². The maximum absolute atomic E-state index is 12.5. The van der Waals surface area contributed by atoms with Gasteiger partial charge in [0.2, 0.25) is 0 Å². The molecule has 1 aromatic carbocycles. The number of hydrogen-bond acceptors (Lipinski definition) is 7. The van der Waals surface area contributed by atoms with Crippen LogP contribution in [0.15, 0.2) is 12.1 Å². The molecule has 0 radical (unpaired) electrons. The van der Waals surface area contributed by atoms with Gasteiger partial charge in [-0.3, -0.25) is 14.1 Å². The van der Waals surface area contributed by atoms with Crippen molar-refractivity contribution in [3.63, 3.8) is 0 Å². The molecule has 1 aromatic rings. The van der Waals surface area contributed by atoms with Gasteiger partial charge in [0.05, 0.1) is 0 Å². The van der Waals surface area contributed by atoms with Crippen LogP contribution in [0.25, 0.3) is 0 Å². The number of rotatable bonds is 6. The van der Waals surface area contributed by atoms with Crippen LogP contribution in [0.5, 0.6) is 11.5 Å². The second kappa shape index (κ2) is 11.0. The van der Waals surface area contributed by atoms with E-state index in [0.29, 0.717) is 30.5 Å². The standard InChI is InChI=1S/C20H24O7S.C6H15N/c1-11(21)26-17-10-13(27-28(23,24)25)9-12-3-4-14-15(19(12)17)7-8-20(2)16(14)5-6-18(20)22;1-4-7(5-2)6-3/h9-10,14-16H,3-8H2,1-2H3,(H,23,24,25);4-6H2,1-3H3/t14-,15+,16+,20+;/m1./s1. The summed E-state index contributed by atoms with van der Waals surface area (Å²) in [4.78, 5) is 26.5. The quantitative estimate of drug-likeness (QED) is 0.337. The third-order valence-corrected chi connectivity index (χ3v) is 8.67. The lowest BCUT2D eigenvalue weighted by Gasteiger charge is -2.48. The van der Waals surface area contributed by atoms with Crippen molar-refractivity contribution in [3.05, 3.63) is 23.3 Å². The number of benzene rings is 1. The Hall–Kier alpha value is -1.97. The molecule has 3 aliphatic rings. The Kier molecular flexibility index (Phi) is 8.65. The summed E-state index contributed by atoms with van der Waals surface area (Å²) in [6.45, 7) is 13.5. The van der Waals surface area contributed by atoms with Gasteiger partial charge >= 0.3 is 16.4 Å². The van der Waals surface area contributed by atoms with Crippen molar-refractivity contribution in [2.24, 2.45) is 17.3 Å². The number of hydrogen-bond donors (Lipinski definition) is 1. The third kappa shape index (κ3) is 6.06. The summed E-state index contributed by atoms with van der Waals surface area (Å²) in [7, 11) is -4.68. The number of ketones is 1. The van der Waals surface area contributed by atoms with Gasteiger partial charge in [0.15, 0.2) is 0 Å². The van der Waals surface area contributed by atoms with E-state index in [9.17, 15) is 18.0 Å². The highest BCUT2D eigenvalue weighted by atomic mass is 32.3. The van der Waals surface area contributed by atoms with Crippen LogP contribution in [0.2, 0.25) is 0 Å². The second-order valence-corrected chi connectivity index (χ2v) is 11.1. The molecule has 0 amide bonds. The van der Waals surface area contributed by atoms with Gasteiger partial charge in [-0.05, 0) is 81.1 Å². The fourth-order valence-corrected chi connectivity index (χ4v) is 6.84. The van der Waals surface area contributed by atoms with Gasteiger partial charge in [0.1, 0.15) is 17.3 Å². The summed E-state index contributed by atoms with van der Waals surface area (Å²) >= 11 is 0. The van der Waals surface area contributed by atoms with Crippen LogP contribution in [-0.4, -0.2) is 49.3 Å². The maximum atomic E-state index is 12.5. The van der Waals surface area contributed by atoms with Gasteiger partial charge in [0, 0.05) is 30.4 Å². The molecule has 0 spiro atoms. The molecule has 1 N–H and O–H groups in total. The molecule has 3 aliphatic carbocycles. The van der Waals surface area contributed by atoms with Gasteiger partial charge in [-0.25, -0.2) is 0 Å². The minimum absolute atomic E-state index is 0.0763. The van der Waals surface area contributed by atoms with Crippen molar-refractivity contribution >= 4 is 22.2 Å². The molecule has 0 aromatic heterocycles. The van der Waals surface area contributed by atoms with E-state index >= 15 is 0 Å². The van der Waals surface area contributed by atoms with Gasteiger partial charge in [-0.2, -0.15) is 8.42 Å². The van der Waals surface area contributed by atoms with E-state index in [-0.39, 0.29) is 22.8 Å². The molecule has 35 heavy (non-hydrogen) atoms. The molecule has 4 atom stereocenters. The average Bonchev–Trinajstić information content (AvgIpc) is 3.08. The summed E-state index contributed by atoms with van der Waals surface area (Å²) in [6.07, 6.45) is 4.73.